The van der Waals surface area contributed by atoms with Crippen LogP contribution < -0.4 is 4.72 Å². The van der Waals surface area contributed by atoms with Crippen LogP contribution in [0.25, 0.3) is 0 Å². The minimum absolute atomic E-state index is 0.0684. The number of sulfonamides is 1. The molecule has 0 aromatic carbocycles. The van der Waals surface area contributed by atoms with Crippen molar-refractivity contribution in [3.63, 3.8) is 0 Å². The van der Waals surface area contributed by atoms with E-state index in [9.17, 15) is 13.2 Å². The summed E-state index contributed by atoms with van der Waals surface area (Å²) in [7, 11) is -3.74. The average Bonchev–Trinajstić information content (AvgIpc) is 2.91. The molecule has 0 aliphatic heterocycles. The Morgan fingerprint density at radius 1 is 1.41 bits per heavy atom. The quantitative estimate of drug-likeness (QED) is 0.843. The topological polar surface area (TPSA) is 96.4 Å². The van der Waals surface area contributed by atoms with Gasteiger partial charge in [0.2, 0.25) is 0 Å². The molecule has 6 nitrogen and oxygen atoms in total. The summed E-state index contributed by atoms with van der Waals surface area (Å²) in [6.45, 7) is 3.64. The Morgan fingerprint density at radius 3 is 2.77 bits per heavy atom. The van der Waals surface area contributed by atoms with Crippen LogP contribution >= 0.6 is 11.3 Å². The van der Waals surface area contributed by atoms with Gasteiger partial charge in [0.1, 0.15) is 4.21 Å². The first kappa shape index (κ1) is 16.4. The number of anilines is 1. The smallest absolute Gasteiger partial charge is 0.337 e. The van der Waals surface area contributed by atoms with Gasteiger partial charge in [-0.25, -0.2) is 13.2 Å². The normalized spacial score (nSPS) is 11.4. The number of aromatic nitrogens is 1. The zero-order chi connectivity index (χ0) is 16.3. The zero-order valence-electron chi connectivity index (χ0n) is 12.2. The first-order valence-electron chi connectivity index (χ1n) is 6.65. The Bertz CT molecular complexity index is 797. The minimum Gasteiger partial charge on any atom is -0.478 e. The van der Waals surface area contributed by atoms with Gasteiger partial charge in [0.15, 0.2) is 0 Å². The van der Waals surface area contributed by atoms with Crippen LogP contribution in [-0.4, -0.2) is 24.5 Å². The predicted octanol–water partition coefficient (Wildman–Crippen LogP) is 2.90. The molecule has 2 rings (SSSR count). The van der Waals surface area contributed by atoms with Crippen molar-refractivity contribution in [1.29, 1.82) is 0 Å². The van der Waals surface area contributed by atoms with Gasteiger partial charge in [-0.2, -0.15) is 0 Å². The number of carbonyl (C=O) groups is 1. The van der Waals surface area contributed by atoms with Crippen molar-refractivity contribution in [3.8, 4) is 0 Å². The Balaban J connectivity index is 2.31. The van der Waals surface area contributed by atoms with E-state index in [1.165, 1.54) is 23.6 Å². The van der Waals surface area contributed by atoms with Crippen LogP contribution in [0, 0.1) is 6.92 Å². The van der Waals surface area contributed by atoms with Crippen LogP contribution in [0.1, 0.15) is 34.3 Å². The molecule has 0 aliphatic carbocycles. The van der Waals surface area contributed by atoms with Crippen LogP contribution in [0.5, 0.6) is 0 Å². The molecule has 0 bridgehead atoms. The molecule has 2 N–H and O–H groups in total. The Kier molecular flexibility index (Phi) is 4.82. The summed E-state index contributed by atoms with van der Waals surface area (Å²) in [5, 5.41) is 8.96. The van der Waals surface area contributed by atoms with E-state index >= 15 is 0 Å². The summed E-state index contributed by atoms with van der Waals surface area (Å²) in [5.74, 6) is -1.16. The highest BCUT2D eigenvalue weighted by Crippen LogP contribution is 2.26. The molecule has 8 heteroatoms. The summed E-state index contributed by atoms with van der Waals surface area (Å²) in [5.41, 5.74) is 0.519. The number of nitrogens with zero attached hydrogens (tertiary/aromatic N) is 1. The number of hydrogen-bond acceptors (Lipinski definition) is 5. The van der Waals surface area contributed by atoms with Crippen LogP contribution in [0.2, 0.25) is 0 Å². The molecule has 2 aromatic heterocycles. The molecule has 0 atom stereocenters. The molecule has 2 aromatic rings. The number of aromatic carboxylic acids is 1. The lowest BCUT2D eigenvalue weighted by atomic mass is 10.2. The molecule has 0 radical (unpaired) electrons. The van der Waals surface area contributed by atoms with E-state index in [2.05, 4.69) is 9.71 Å². The maximum atomic E-state index is 12.4. The van der Waals surface area contributed by atoms with Gasteiger partial charge in [-0.05, 0) is 31.5 Å². The van der Waals surface area contributed by atoms with Gasteiger partial charge in [-0.1, -0.05) is 13.3 Å². The van der Waals surface area contributed by atoms with Crippen molar-refractivity contribution >= 4 is 33.0 Å². The summed E-state index contributed by atoms with van der Waals surface area (Å²) in [6.07, 6.45) is 2.96. The Hall–Kier alpha value is -1.93. The SMILES string of the molecule is CCCc1ccc(S(=O)(=O)Nc2cc(C(=O)O)cnc2C)s1. The lowest BCUT2D eigenvalue weighted by molar-refractivity contribution is 0.0696. The molecule has 22 heavy (non-hydrogen) atoms. The first-order chi connectivity index (χ1) is 10.3. The molecule has 2 heterocycles. The van der Waals surface area contributed by atoms with Gasteiger partial charge in [-0.3, -0.25) is 9.71 Å². The van der Waals surface area contributed by atoms with Crippen LogP contribution in [-0.2, 0) is 16.4 Å². The number of carboxylic acids is 1. The maximum absolute atomic E-state index is 12.4. The number of rotatable bonds is 6. The largest absolute Gasteiger partial charge is 0.478 e. The standard InChI is InChI=1S/C14H16N2O4S2/c1-3-4-11-5-6-13(21-11)22(19,20)16-12-7-10(14(17)18)8-15-9(12)2/h5-8,16H,3-4H2,1-2H3,(H,17,18). The second kappa shape index (κ2) is 6.45. The van der Waals surface area contributed by atoms with E-state index in [0.29, 0.717) is 5.69 Å². The fraction of sp³-hybridized carbons (Fsp3) is 0.286. The third-order valence-corrected chi connectivity index (χ3v) is 5.98. The van der Waals surface area contributed by atoms with Crippen molar-refractivity contribution in [2.24, 2.45) is 0 Å². The molecule has 0 unspecified atom stereocenters. The van der Waals surface area contributed by atoms with Gasteiger partial charge in [0.05, 0.1) is 16.9 Å². The van der Waals surface area contributed by atoms with Crippen molar-refractivity contribution in [2.75, 3.05) is 4.72 Å². The van der Waals surface area contributed by atoms with E-state index in [-0.39, 0.29) is 15.5 Å². The summed E-state index contributed by atoms with van der Waals surface area (Å²) >= 11 is 1.21. The number of hydrogen-bond donors (Lipinski definition) is 2. The van der Waals surface area contributed by atoms with Crippen LogP contribution in [0.3, 0.4) is 0 Å². The fourth-order valence-electron chi connectivity index (χ4n) is 1.83. The Morgan fingerprint density at radius 2 is 2.14 bits per heavy atom. The van der Waals surface area contributed by atoms with Crippen molar-refractivity contribution in [2.45, 2.75) is 30.9 Å². The minimum atomic E-state index is -3.74. The number of aryl methyl sites for hydroxylation is 2. The molecule has 118 valence electrons. The summed E-state index contributed by atoms with van der Waals surface area (Å²) in [6, 6.07) is 4.62. The lowest BCUT2D eigenvalue weighted by Gasteiger charge is -2.09. The third-order valence-electron chi connectivity index (χ3n) is 2.98. The molecule has 0 fully saturated rings. The van der Waals surface area contributed by atoms with Gasteiger partial charge >= 0.3 is 5.97 Å². The predicted molar refractivity (Wildman–Crippen MR) is 85.1 cm³/mol. The average molecular weight is 340 g/mol. The van der Waals surface area contributed by atoms with E-state index in [1.54, 1.807) is 19.1 Å². The summed E-state index contributed by atoms with van der Waals surface area (Å²) in [4.78, 5) is 15.9. The van der Waals surface area contributed by atoms with E-state index in [1.807, 2.05) is 6.92 Å². The van der Waals surface area contributed by atoms with Gasteiger partial charge in [-0.15, -0.1) is 11.3 Å². The second-order valence-corrected chi connectivity index (χ2v) is 7.82. The van der Waals surface area contributed by atoms with Crippen LogP contribution in [0.15, 0.2) is 28.6 Å². The molecule has 0 amide bonds. The number of pyridine rings is 1. The fourth-order valence-corrected chi connectivity index (χ4v) is 4.40. The lowest BCUT2D eigenvalue weighted by Crippen LogP contribution is -2.13. The van der Waals surface area contributed by atoms with E-state index in [4.69, 9.17) is 5.11 Å². The van der Waals surface area contributed by atoms with E-state index < -0.39 is 16.0 Å². The Labute approximate surface area is 132 Å². The van der Waals surface area contributed by atoms with Gasteiger partial charge < -0.3 is 5.11 Å². The van der Waals surface area contributed by atoms with Gasteiger partial charge in [0, 0.05) is 11.1 Å². The highest BCUT2D eigenvalue weighted by atomic mass is 32.2. The van der Waals surface area contributed by atoms with Gasteiger partial charge in [0.25, 0.3) is 10.0 Å². The van der Waals surface area contributed by atoms with Crippen molar-refractivity contribution < 1.29 is 18.3 Å². The molecule has 0 saturated carbocycles. The van der Waals surface area contributed by atoms with Crippen molar-refractivity contribution in [1.82, 2.24) is 4.98 Å². The summed E-state index contributed by atoms with van der Waals surface area (Å²) < 4.78 is 27.4. The highest BCUT2D eigenvalue weighted by molar-refractivity contribution is 7.94. The van der Waals surface area contributed by atoms with E-state index in [0.717, 1.165) is 17.7 Å². The number of nitrogens with one attached hydrogen (secondary N) is 1. The second-order valence-electron chi connectivity index (χ2n) is 4.74. The third kappa shape index (κ3) is 3.63. The molecule has 0 aliphatic rings. The highest BCUT2D eigenvalue weighted by Gasteiger charge is 2.19. The molecular formula is C14H16N2O4S2. The van der Waals surface area contributed by atoms with Crippen LogP contribution in [0.4, 0.5) is 5.69 Å². The van der Waals surface area contributed by atoms with Crippen molar-refractivity contribution in [3.05, 3.63) is 40.5 Å². The molecule has 0 saturated heterocycles. The maximum Gasteiger partial charge on any atom is 0.337 e. The number of thiophene rings is 1. The number of carboxylic acid groups (broad SMARTS) is 1. The molecule has 0 spiro atoms. The monoisotopic (exact) mass is 340 g/mol. The first-order valence-corrected chi connectivity index (χ1v) is 8.95. The molecular weight excluding hydrogens is 324 g/mol. The zero-order valence-corrected chi connectivity index (χ0v) is 13.8.